The Kier molecular flexibility index (Phi) is 3.55. The molecule has 0 saturated heterocycles. The van der Waals surface area contributed by atoms with E-state index in [1.54, 1.807) is 24.5 Å². The van der Waals surface area contributed by atoms with Crippen LogP contribution in [0.2, 0.25) is 0 Å². The highest BCUT2D eigenvalue weighted by molar-refractivity contribution is 6.01. The number of anilines is 2. The third kappa shape index (κ3) is 2.93. The monoisotopic (exact) mass is 256 g/mol. The lowest BCUT2D eigenvalue weighted by Gasteiger charge is -2.27. The molecule has 0 bridgehead atoms. The van der Waals surface area contributed by atoms with Crippen molar-refractivity contribution in [2.75, 3.05) is 4.90 Å². The molecule has 2 rings (SSSR count). The number of carbonyl (C=O) groups is 1. The van der Waals surface area contributed by atoms with Crippen molar-refractivity contribution in [1.29, 1.82) is 0 Å². The summed E-state index contributed by atoms with van der Waals surface area (Å²) in [4.78, 5) is 26.4. The summed E-state index contributed by atoms with van der Waals surface area (Å²) in [5, 5.41) is 0. The van der Waals surface area contributed by atoms with E-state index in [-0.39, 0.29) is 5.91 Å². The van der Waals surface area contributed by atoms with Gasteiger partial charge in [0.05, 0.1) is 0 Å². The van der Waals surface area contributed by atoms with Crippen molar-refractivity contribution in [2.24, 2.45) is 5.41 Å². The average molecular weight is 256 g/mol. The molecule has 0 fully saturated rings. The highest BCUT2D eigenvalue weighted by Crippen LogP contribution is 2.27. The summed E-state index contributed by atoms with van der Waals surface area (Å²) in [6.45, 7) is 5.60. The summed E-state index contributed by atoms with van der Waals surface area (Å²) in [5.74, 6) is 1.01. The van der Waals surface area contributed by atoms with Gasteiger partial charge in [-0.25, -0.2) is 19.9 Å². The first-order valence-corrected chi connectivity index (χ1v) is 6.02. The van der Waals surface area contributed by atoms with E-state index < -0.39 is 5.41 Å². The molecule has 2 heterocycles. The lowest BCUT2D eigenvalue weighted by molar-refractivity contribution is -0.125. The molecule has 0 N–H and O–H groups in total. The fourth-order valence-corrected chi connectivity index (χ4v) is 1.56. The van der Waals surface area contributed by atoms with Gasteiger partial charge >= 0.3 is 0 Å². The minimum absolute atomic E-state index is 0.0649. The second-order valence-corrected chi connectivity index (χ2v) is 5.15. The summed E-state index contributed by atoms with van der Waals surface area (Å²) in [6, 6.07) is 7.12. The van der Waals surface area contributed by atoms with Crippen molar-refractivity contribution < 1.29 is 4.79 Å². The van der Waals surface area contributed by atoms with Crippen LogP contribution in [0.15, 0.2) is 43.0 Å². The summed E-state index contributed by atoms with van der Waals surface area (Å²) in [5.41, 5.74) is -0.525. The van der Waals surface area contributed by atoms with Crippen LogP contribution in [-0.4, -0.2) is 20.9 Å². The maximum atomic E-state index is 12.6. The minimum Gasteiger partial charge on any atom is -0.273 e. The second kappa shape index (κ2) is 5.14. The van der Waals surface area contributed by atoms with E-state index in [1.165, 1.54) is 11.2 Å². The SMILES string of the molecule is CC(C)(C)C(=O)N(c1ccccn1)c1ccncn1. The van der Waals surface area contributed by atoms with E-state index >= 15 is 0 Å². The predicted molar refractivity (Wildman–Crippen MR) is 72.9 cm³/mol. The van der Waals surface area contributed by atoms with Gasteiger partial charge in [0.2, 0.25) is 5.91 Å². The molecule has 19 heavy (non-hydrogen) atoms. The third-order valence-corrected chi connectivity index (χ3v) is 2.52. The molecule has 0 aliphatic heterocycles. The molecule has 0 saturated carbocycles. The normalized spacial score (nSPS) is 11.1. The molecule has 0 spiro atoms. The number of pyridine rings is 1. The van der Waals surface area contributed by atoms with Gasteiger partial charge in [-0.2, -0.15) is 0 Å². The van der Waals surface area contributed by atoms with Gasteiger partial charge in [-0.15, -0.1) is 0 Å². The van der Waals surface area contributed by atoms with Gasteiger partial charge in [-0.05, 0) is 18.2 Å². The van der Waals surface area contributed by atoms with E-state index in [2.05, 4.69) is 15.0 Å². The van der Waals surface area contributed by atoms with E-state index in [1.807, 2.05) is 32.9 Å². The Labute approximate surface area is 112 Å². The zero-order valence-corrected chi connectivity index (χ0v) is 11.2. The first kappa shape index (κ1) is 13.1. The summed E-state index contributed by atoms with van der Waals surface area (Å²) < 4.78 is 0. The molecule has 2 aromatic rings. The third-order valence-electron chi connectivity index (χ3n) is 2.52. The first-order valence-electron chi connectivity index (χ1n) is 6.02. The van der Waals surface area contributed by atoms with E-state index in [4.69, 9.17) is 0 Å². The van der Waals surface area contributed by atoms with Gasteiger partial charge in [-0.1, -0.05) is 26.8 Å². The number of rotatable bonds is 2. The van der Waals surface area contributed by atoms with Gasteiger partial charge in [0.15, 0.2) is 0 Å². The van der Waals surface area contributed by atoms with E-state index in [9.17, 15) is 4.79 Å². The van der Waals surface area contributed by atoms with Gasteiger partial charge in [0, 0.05) is 17.8 Å². The molecule has 0 aromatic carbocycles. The van der Waals surface area contributed by atoms with E-state index in [0.29, 0.717) is 11.6 Å². The summed E-state index contributed by atoms with van der Waals surface area (Å²) in [6.07, 6.45) is 4.68. The number of hydrogen-bond donors (Lipinski definition) is 0. The lowest BCUT2D eigenvalue weighted by atomic mass is 9.94. The quantitative estimate of drug-likeness (QED) is 0.828. The van der Waals surface area contributed by atoms with Crippen LogP contribution in [0.25, 0.3) is 0 Å². The molecule has 0 aliphatic carbocycles. The zero-order chi connectivity index (χ0) is 13.9. The van der Waals surface area contributed by atoms with Crippen LogP contribution in [0, 0.1) is 5.41 Å². The fraction of sp³-hybridized carbons (Fsp3) is 0.286. The standard InChI is InChI=1S/C14H16N4O/c1-14(2,3)13(19)18(11-6-4-5-8-16-11)12-7-9-15-10-17-12/h4-10H,1-3H3. The number of nitrogens with zero attached hydrogens (tertiary/aromatic N) is 4. The molecule has 0 radical (unpaired) electrons. The molecular weight excluding hydrogens is 240 g/mol. The highest BCUT2D eigenvalue weighted by Gasteiger charge is 2.30. The van der Waals surface area contributed by atoms with Crippen molar-refractivity contribution in [3.63, 3.8) is 0 Å². The Morgan fingerprint density at radius 2 is 1.79 bits per heavy atom. The lowest BCUT2D eigenvalue weighted by Crippen LogP contribution is -2.37. The molecule has 98 valence electrons. The molecule has 5 heteroatoms. The number of hydrogen-bond acceptors (Lipinski definition) is 4. The van der Waals surface area contributed by atoms with Crippen molar-refractivity contribution in [2.45, 2.75) is 20.8 Å². The van der Waals surface area contributed by atoms with Crippen LogP contribution in [0.5, 0.6) is 0 Å². The van der Waals surface area contributed by atoms with Crippen LogP contribution in [0.4, 0.5) is 11.6 Å². The van der Waals surface area contributed by atoms with E-state index in [0.717, 1.165) is 0 Å². The Hall–Kier alpha value is -2.30. The van der Waals surface area contributed by atoms with Crippen molar-refractivity contribution >= 4 is 17.5 Å². The number of amides is 1. The fourth-order valence-electron chi connectivity index (χ4n) is 1.56. The van der Waals surface area contributed by atoms with Crippen LogP contribution >= 0.6 is 0 Å². The van der Waals surface area contributed by atoms with Crippen LogP contribution < -0.4 is 4.90 Å². The molecular formula is C14H16N4O. The summed E-state index contributed by atoms with van der Waals surface area (Å²) >= 11 is 0. The van der Waals surface area contributed by atoms with Crippen molar-refractivity contribution in [3.05, 3.63) is 43.0 Å². The predicted octanol–water partition coefficient (Wildman–Crippen LogP) is 2.58. The number of aromatic nitrogens is 3. The minimum atomic E-state index is -0.525. The van der Waals surface area contributed by atoms with Gasteiger partial charge in [-0.3, -0.25) is 4.79 Å². The van der Waals surface area contributed by atoms with Gasteiger partial charge in [0.25, 0.3) is 0 Å². The largest absolute Gasteiger partial charge is 0.273 e. The van der Waals surface area contributed by atoms with Crippen LogP contribution in [0.3, 0.4) is 0 Å². The topological polar surface area (TPSA) is 59.0 Å². The molecule has 0 atom stereocenters. The van der Waals surface area contributed by atoms with Gasteiger partial charge < -0.3 is 0 Å². The van der Waals surface area contributed by atoms with Gasteiger partial charge in [0.1, 0.15) is 18.0 Å². The van der Waals surface area contributed by atoms with Crippen LogP contribution in [-0.2, 0) is 4.79 Å². The Bertz CT molecular complexity index is 509. The summed E-state index contributed by atoms with van der Waals surface area (Å²) in [7, 11) is 0. The molecule has 0 unspecified atom stereocenters. The highest BCUT2D eigenvalue weighted by atomic mass is 16.2. The Morgan fingerprint density at radius 3 is 2.32 bits per heavy atom. The smallest absolute Gasteiger partial charge is 0.239 e. The van der Waals surface area contributed by atoms with Crippen molar-refractivity contribution in [1.82, 2.24) is 15.0 Å². The number of carbonyl (C=O) groups excluding carboxylic acids is 1. The Morgan fingerprint density at radius 1 is 1.05 bits per heavy atom. The molecule has 5 nitrogen and oxygen atoms in total. The maximum Gasteiger partial charge on any atom is 0.239 e. The van der Waals surface area contributed by atoms with Crippen molar-refractivity contribution in [3.8, 4) is 0 Å². The molecule has 1 amide bonds. The zero-order valence-electron chi connectivity index (χ0n) is 11.2. The van der Waals surface area contributed by atoms with Crippen LogP contribution in [0.1, 0.15) is 20.8 Å². The Balaban J connectivity index is 2.49. The molecule has 2 aromatic heterocycles. The first-order chi connectivity index (χ1) is 9.00. The average Bonchev–Trinajstić information content (AvgIpc) is 2.40. The second-order valence-electron chi connectivity index (χ2n) is 5.15. The maximum absolute atomic E-state index is 12.6. The molecule has 0 aliphatic rings.